The number of fused-ring (bicyclic) bond motifs is 1. The predicted molar refractivity (Wildman–Crippen MR) is 72.3 cm³/mol. The molecule has 2 aliphatic heterocycles. The van der Waals surface area contributed by atoms with E-state index in [0.29, 0.717) is 42.2 Å². The topological polar surface area (TPSA) is 57.7 Å². The normalized spacial score (nSPS) is 27.7. The summed E-state index contributed by atoms with van der Waals surface area (Å²) in [6, 6.07) is 3.40. The molecule has 2 unspecified atom stereocenters. The van der Waals surface area contributed by atoms with Gasteiger partial charge in [-0.05, 0) is 23.3 Å². The van der Waals surface area contributed by atoms with Crippen LogP contribution < -0.4 is 0 Å². The van der Waals surface area contributed by atoms with Crippen molar-refractivity contribution in [2.24, 2.45) is 11.8 Å². The monoisotopic (exact) mass is 300 g/mol. The molecule has 0 aliphatic carbocycles. The zero-order valence-corrected chi connectivity index (χ0v) is 12.3. The minimum absolute atomic E-state index is 0.0852. The SMILES string of the molecule is CC(=O)N1CC2CN(S(=O)(=O)c3cccs3)CC2C1. The Balaban J connectivity index is 1.74. The Morgan fingerprint density at radius 2 is 1.89 bits per heavy atom. The fraction of sp³-hybridized carbons (Fsp3) is 0.583. The number of carbonyl (C=O) groups excluding carboxylic acids is 1. The van der Waals surface area contributed by atoms with Gasteiger partial charge in [0, 0.05) is 33.1 Å². The van der Waals surface area contributed by atoms with Gasteiger partial charge in [-0.15, -0.1) is 11.3 Å². The maximum absolute atomic E-state index is 12.4. The molecule has 5 nitrogen and oxygen atoms in total. The summed E-state index contributed by atoms with van der Waals surface area (Å²) < 4.78 is 26.8. The second-order valence-electron chi connectivity index (χ2n) is 5.20. The maximum atomic E-state index is 12.4. The quantitative estimate of drug-likeness (QED) is 0.813. The maximum Gasteiger partial charge on any atom is 0.252 e. The van der Waals surface area contributed by atoms with Crippen molar-refractivity contribution in [3.63, 3.8) is 0 Å². The Hall–Kier alpha value is -0.920. The van der Waals surface area contributed by atoms with Crippen LogP contribution >= 0.6 is 11.3 Å². The molecule has 1 aromatic rings. The molecule has 19 heavy (non-hydrogen) atoms. The summed E-state index contributed by atoms with van der Waals surface area (Å²) in [5, 5.41) is 1.78. The molecule has 1 aromatic heterocycles. The molecule has 0 bridgehead atoms. The fourth-order valence-electron chi connectivity index (χ4n) is 2.94. The van der Waals surface area contributed by atoms with E-state index in [1.54, 1.807) is 28.7 Å². The van der Waals surface area contributed by atoms with Gasteiger partial charge in [-0.1, -0.05) is 6.07 Å². The number of likely N-dealkylation sites (tertiary alicyclic amines) is 1. The first kappa shape index (κ1) is 13.1. The van der Waals surface area contributed by atoms with E-state index in [0.717, 1.165) is 0 Å². The van der Waals surface area contributed by atoms with E-state index in [9.17, 15) is 13.2 Å². The highest BCUT2D eigenvalue weighted by molar-refractivity contribution is 7.91. The fourth-order valence-corrected chi connectivity index (χ4v) is 5.64. The summed E-state index contributed by atoms with van der Waals surface area (Å²) in [6.45, 7) is 4.03. The third kappa shape index (κ3) is 2.19. The molecule has 2 fully saturated rings. The van der Waals surface area contributed by atoms with Gasteiger partial charge in [0.15, 0.2) is 0 Å². The number of sulfonamides is 1. The summed E-state index contributed by atoms with van der Waals surface area (Å²) in [4.78, 5) is 13.2. The van der Waals surface area contributed by atoms with Crippen LogP contribution in [0.25, 0.3) is 0 Å². The van der Waals surface area contributed by atoms with Crippen LogP contribution in [0.2, 0.25) is 0 Å². The van der Waals surface area contributed by atoms with Gasteiger partial charge in [0.25, 0.3) is 10.0 Å². The summed E-state index contributed by atoms with van der Waals surface area (Å²) in [5.41, 5.74) is 0. The number of hydrogen-bond donors (Lipinski definition) is 0. The summed E-state index contributed by atoms with van der Waals surface area (Å²) in [6.07, 6.45) is 0. The van der Waals surface area contributed by atoms with Gasteiger partial charge in [-0.3, -0.25) is 4.79 Å². The van der Waals surface area contributed by atoms with Gasteiger partial charge < -0.3 is 4.90 Å². The summed E-state index contributed by atoms with van der Waals surface area (Å²) >= 11 is 1.26. The molecule has 3 rings (SSSR count). The van der Waals surface area contributed by atoms with Gasteiger partial charge in [0.05, 0.1) is 0 Å². The Morgan fingerprint density at radius 3 is 2.37 bits per heavy atom. The smallest absolute Gasteiger partial charge is 0.252 e. The molecule has 2 aliphatic rings. The molecule has 3 heterocycles. The minimum Gasteiger partial charge on any atom is -0.342 e. The summed E-state index contributed by atoms with van der Waals surface area (Å²) in [5.74, 6) is 0.666. The number of thiophene rings is 1. The number of amides is 1. The van der Waals surface area contributed by atoms with E-state index in [-0.39, 0.29) is 5.91 Å². The van der Waals surface area contributed by atoms with E-state index >= 15 is 0 Å². The Bertz CT molecular complexity index is 568. The van der Waals surface area contributed by atoms with Crippen LogP contribution in [0.3, 0.4) is 0 Å². The molecule has 1 amide bonds. The van der Waals surface area contributed by atoms with E-state index < -0.39 is 10.0 Å². The highest BCUT2D eigenvalue weighted by atomic mass is 32.2. The first-order chi connectivity index (χ1) is 8.98. The van der Waals surface area contributed by atoms with Crippen molar-refractivity contribution in [2.45, 2.75) is 11.1 Å². The molecular weight excluding hydrogens is 284 g/mol. The largest absolute Gasteiger partial charge is 0.342 e. The van der Waals surface area contributed by atoms with Crippen LogP contribution in [-0.4, -0.2) is 49.7 Å². The van der Waals surface area contributed by atoms with Crippen LogP contribution in [0.4, 0.5) is 0 Å². The van der Waals surface area contributed by atoms with Crippen molar-refractivity contribution >= 4 is 27.3 Å². The third-order valence-electron chi connectivity index (χ3n) is 3.99. The standard InChI is InChI=1S/C12H16N2O3S2/c1-9(15)13-5-10-7-14(8-11(10)6-13)19(16,17)12-3-2-4-18-12/h2-4,10-11H,5-8H2,1H3. The van der Waals surface area contributed by atoms with Crippen molar-refractivity contribution in [1.29, 1.82) is 0 Å². The molecule has 0 aromatic carbocycles. The van der Waals surface area contributed by atoms with E-state index in [1.165, 1.54) is 11.3 Å². The van der Waals surface area contributed by atoms with Crippen molar-refractivity contribution in [2.75, 3.05) is 26.2 Å². The van der Waals surface area contributed by atoms with Crippen molar-refractivity contribution in [1.82, 2.24) is 9.21 Å². The molecule has 0 N–H and O–H groups in total. The van der Waals surface area contributed by atoms with Crippen LogP contribution in [0, 0.1) is 11.8 Å². The van der Waals surface area contributed by atoms with Gasteiger partial charge in [0.2, 0.25) is 5.91 Å². The van der Waals surface area contributed by atoms with Gasteiger partial charge in [0.1, 0.15) is 4.21 Å². The van der Waals surface area contributed by atoms with E-state index in [1.807, 2.05) is 4.90 Å². The number of hydrogen-bond acceptors (Lipinski definition) is 4. The van der Waals surface area contributed by atoms with Gasteiger partial charge >= 0.3 is 0 Å². The van der Waals surface area contributed by atoms with Crippen molar-refractivity contribution < 1.29 is 13.2 Å². The zero-order chi connectivity index (χ0) is 13.6. The molecule has 0 radical (unpaired) electrons. The van der Waals surface area contributed by atoms with Crippen LogP contribution in [0.1, 0.15) is 6.92 Å². The van der Waals surface area contributed by atoms with E-state index in [2.05, 4.69) is 0 Å². The van der Waals surface area contributed by atoms with Crippen LogP contribution in [0.5, 0.6) is 0 Å². The molecule has 0 spiro atoms. The Labute approximate surface area is 116 Å². The predicted octanol–water partition coefficient (Wildman–Crippen LogP) is 0.847. The average molecular weight is 300 g/mol. The lowest BCUT2D eigenvalue weighted by Gasteiger charge is -2.19. The van der Waals surface area contributed by atoms with Crippen LogP contribution in [0.15, 0.2) is 21.7 Å². The minimum atomic E-state index is -3.33. The van der Waals surface area contributed by atoms with Crippen molar-refractivity contribution in [3.8, 4) is 0 Å². The van der Waals surface area contributed by atoms with Crippen molar-refractivity contribution in [3.05, 3.63) is 17.5 Å². The average Bonchev–Trinajstić information content (AvgIpc) is 3.04. The lowest BCUT2D eigenvalue weighted by molar-refractivity contribution is -0.128. The molecular formula is C12H16N2O3S2. The third-order valence-corrected chi connectivity index (χ3v) is 7.19. The molecule has 2 saturated heterocycles. The summed E-state index contributed by atoms with van der Waals surface area (Å²) in [7, 11) is -3.33. The lowest BCUT2D eigenvalue weighted by atomic mass is 10.0. The van der Waals surface area contributed by atoms with Gasteiger partial charge in [-0.2, -0.15) is 4.31 Å². The van der Waals surface area contributed by atoms with Gasteiger partial charge in [-0.25, -0.2) is 8.42 Å². The lowest BCUT2D eigenvalue weighted by Crippen LogP contribution is -2.34. The second kappa shape index (κ2) is 4.57. The Morgan fingerprint density at radius 1 is 1.26 bits per heavy atom. The van der Waals surface area contributed by atoms with E-state index in [4.69, 9.17) is 0 Å². The molecule has 104 valence electrons. The molecule has 7 heteroatoms. The van der Waals surface area contributed by atoms with Crippen LogP contribution in [-0.2, 0) is 14.8 Å². The second-order valence-corrected chi connectivity index (χ2v) is 8.31. The Kier molecular flexibility index (Phi) is 3.15. The highest BCUT2D eigenvalue weighted by Gasteiger charge is 2.44. The molecule has 0 saturated carbocycles. The number of rotatable bonds is 2. The first-order valence-electron chi connectivity index (χ1n) is 6.27. The number of nitrogens with zero attached hydrogens (tertiary/aromatic N) is 2. The highest BCUT2D eigenvalue weighted by Crippen LogP contribution is 2.34. The molecule has 2 atom stereocenters. The first-order valence-corrected chi connectivity index (χ1v) is 8.59. The zero-order valence-electron chi connectivity index (χ0n) is 10.7. The number of carbonyl (C=O) groups is 1.